The number of nitrogens with one attached hydrogen (secondary N) is 1. The number of hydrogen-bond acceptors (Lipinski definition) is 4. The summed E-state index contributed by atoms with van der Waals surface area (Å²) in [5, 5.41) is 3.31. The van der Waals surface area contributed by atoms with Crippen molar-refractivity contribution in [2.45, 2.75) is 19.0 Å². The minimum absolute atomic E-state index is 0.0173. The van der Waals surface area contributed by atoms with Gasteiger partial charge in [0.05, 0.1) is 6.20 Å². The fourth-order valence-electron chi connectivity index (χ4n) is 3.01. The first-order valence-electron chi connectivity index (χ1n) is 8.46. The molecule has 1 aromatic heterocycles. The number of carbonyl (C=O) groups excluding carboxylic acids is 2. The SMILES string of the molecule is O=C1N[C@H](Cc2ccccc2)C(=O)N1Cc1ncc(-c2cccc(Cl)c2)o1. The minimum atomic E-state index is -0.581. The summed E-state index contributed by atoms with van der Waals surface area (Å²) in [6, 6.07) is 15.7. The molecular formula is C20H16ClN3O3. The molecule has 1 atom stereocenters. The van der Waals surface area contributed by atoms with Crippen LogP contribution in [0.5, 0.6) is 0 Å². The fourth-order valence-corrected chi connectivity index (χ4v) is 3.20. The van der Waals surface area contributed by atoms with Crippen molar-refractivity contribution in [2.75, 3.05) is 0 Å². The monoisotopic (exact) mass is 381 g/mol. The first kappa shape index (κ1) is 17.3. The first-order chi connectivity index (χ1) is 13.1. The van der Waals surface area contributed by atoms with Gasteiger partial charge in [-0.2, -0.15) is 0 Å². The minimum Gasteiger partial charge on any atom is -0.439 e. The number of amides is 3. The number of rotatable bonds is 5. The summed E-state index contributed by atoms with van der Waals surface area (Å²) in [4.78, 5) is 30.1. The summed E-state index contributed by atoms with van der Waals surface area (Å²) in [5.74, 6) is 0.528. The van der Waals surface area contributed by atoms with Crippen molar-refractivity contribution in [1.82, 2.24) is 15.2 Å². The van der Waals surface area contributed by atoms with Crippen LogP contribution in [0, 0.1) is 0 Å². The Morgan fingerprint density at radius 1 is 1.11 bits per heavy atom. The van der Waals surface area contributed by atoms with Crippen molar-refractivity contribution in [3.8, 4) is 11.3 Å². The van der Waals surface area contributed by atoms with Crippen LogP contribution in [0.1, 0.15) is 11.5 Å². The normalized spacial score (nSPS) is 16.6. The second kappa shape index (κ2) is 7.25. The van der Waals surface area contributed by atoms with Crippen molar-refractivity contribution in [3.63, 3.8) is 0 Å². The summed E-state index contributed by atoms with van der Waals surface area (Å²) < 4.78 is 5.69. The van der Waals surface area contributed by atoms with Gasteiger partial charge in [-0.25, -0.2) is 9.78 Å². The molecule has 3 amide bonds. The van der Waals surface area contributed by atoms with Gasteiger partial charge in [-0.3, -0.25) is 9.69 Å². The second-order valence-electron chi connectivity index (χ2n) is 6.24. The number of oxazole rings is 1. The standard InChI is InChI=1S/C20H16ClN3O3/c21-15-8-4-7-14(10-15)17-11-22-18(27-17)12-24-19(25)16(23-20(24)26)9-13-5-2-1-3-6-13/h1-8,10-11,16H,9,12H2,(H,23,26)/t16-/m1/s1. The molecule has 1 fully saturated rings. The van der Waals surface area contributed by atoms with E-state index in [1.54, 1.807) is 18.3 Å². The molecule has 6 nitrogen and oxygen atoms in total. The topological polar surface area (TPSA) is 75.4 Å². The molecule has 136 valence electrons. The molecule has 2 aromatic carbocycles. The Labute approximate surface area is 160 Å². The molecule has 7 heteroatoms. The molecule has 3 aromatic rings. The Bertz CT molecular complexity index is 987. The summed E-state index contributed by atoms with van der Waals surface area (Å²) in [5.41, 5.74) is 1.76. The molecule has 1 aliphatic heterocycles. The van der Waals surface area contributed by atoms with E-state index >= 15 is 0 Å². The quantitative estimate of drug-likeness (QED) is 0.684. The Kier molecular flexibility index (Phi) is 4.64. The van der Waals surface area contributed by atoms with Crippen molar-refractivity contribution < 1.29 is 14.0 Å². The summed E-state index contributed by atoms with van der Waals surface area (Å²) in [7, 11) is 0. The Hall–Kier alpha value is -3.12. The highest BCUT2D eigenvalue weighted by Gasteiger charge is 2.38. The molecule has 27 heavy (non-hydrogen) atoms. The number of imide groups is 1. The molecule has 1 N–H and O–H groups in total. The molecular weight excluding hydrogens is 366 g/mol. The number of aromatic nitrogens is 1. The lowest BCUT2D eigenvalue weighted by Crippen LogP contribution is -2.32. The second-order valence-corrected chi connectivity index (χ2v) is 6.68. The molecule has 0 aliphatic carbocycles. The Balaban J connectivity index is 1.46. The summed E-state index contributed by atoms with van der Waals surface area (Å²) in [6.45, 7) is -0.0173. The molecule has 2 heterocycles. The number of halogens is 1. The maximum Gasteiger partial charge on any atom is 0.325 e. The van der Waals surface area contributed by atoms with Crippen LogP contribution in [0.25, 0.3) is 11.3 Å². The van der Waals surface area contributed by atoms with Crippen molar-refractivity contribution in [3.05, 3.63) is 77.3 Å². The molecule has 0 saturated carbocycles. The summed E-state index contributed by atoms with van der Waals surface area (Å²) in [6.07, 6.45) is 2.00. The van der Waals surface area contributed by atoms with Gasteiger partial charge in [-0.05, 0) is 17.7 Å². The van der Waals surface area contributed by atoms with Gasteiger partial charge in [0, 0.05) is 17.0 Å². The van der Waals surface area contributed by atoms with E-state index in [2.05, 4.69) is 10.3 Å². The lowest BCUT2D eigenvalue weighted by Gasteiger charge is -2.10. The molecule has 0 bridgehead atoms. The molecule has 0 unspecified atom stereocenters. The zero-order valence-corrected chi connectivity index (χ0v) is 15.0. The van der Waals surface area contributed by atoms with E-state index in [0.29, 0.717) is 17.2 Å². The fraction of sp³-hybridized carbons (Fsp3) is 0.150. The van der Waals surface area contributed by atoms with E-state index in [1.807, 2.05) is 42.5 Å². The zero-order chi connectivity index (χ0) is 18.8. The third kappa shape index (κ3) is 3.71. The van der Waals surface area contributed by atoms with Crippen LogP contribution in [0.15, 0.2) is 65.2 Å². The van der Waals surface area contributed by atoms with Gasteiger partial charge >= 0.3 is 6.03 Å². The van der Waals surface area contributed by atoms with Crippen LogP contribution in [0.4, 0.5) is 4.79 Å². The number of carbonyl (C=O) groups is 2. The van der Waals surface area contributed by atoms with Gasteiger partial charge in [0.25, 0.3) is 5.91 Å². The Morgan fingerprint density at radius 3 is 2.70 bits per heavy atom. The molecule has 1 saturated heterocycles. The highest BCUT2D eigenvalue weighted by Crippen LogP contribution is 2.24. The van der Waals surface area contributed by atoms with E-state index in [0.717, 1.165) is 16.0 Å². The van der Waals surface area contributed by atoms with Crippen molar-refractivity contribution in [1.29, 1.82) is 0 Å². The van der Waals surface area contributed by atoms with Crippen LogP contribution >= 0.6 is 11.6 Å². The molecule has 0 spiro atoms. The van der Waals surface area contributed by atoms with Gasteiger partial charge in [0.2, 0.25) is 5.89 Å². The lowest BCUT2D eigenvalue weighted by atomic mass is 10.1. The van der Waals surface area contributed by atoms with E-state index in [9.17, 15) is 9.59 Å². The number of benzene rings is 2. The Morgan fingerprint density at radius 2 is 1.93 bits per heavy atom. The van der Waals surface area contributed by atoms with Gasteiger partial charge in [0.1, 0.15) is 12.6 Å². The van der Waals surface area contributed by atoms with Crippen molar-refractivity contribution in [2.24, 2.45) is 0 Å². The van der Waals surface area contributed by atoms with Gasteiger partial charge in [0.15, 0.2) is 5.76 Å². The first-order valence-corrected chi connectivity index (χ1v) is 8.84. The third-order valence-electron chi connectivity index (χ3n) is 4.35. The predicted octanol–water partition coefficient (Wildman–Crippen LogP) is 3.66. The van der Waals surface area contributed by atoms with E-state index in [1.165, 1.54) is 0 Å². The van der Waals surface area contributed by atoms with Crippen molar-refractivity contribution >= 4 is 23.5 Å². The van der Waals surface area contributed by atoms with Crippen LogP contribution in [0.3, 0.4) is 0 Å². The van der Waals surface area contributed by atoms with Gasteiger partial charge in [-0.1, -0.05) is 54.1 Å². The highest BCUT2D eigenvalue weighted by molar-refractivity contribution is 6.30. The smallest absolute Gasteiger partial charge is 0.325 e. The van der Waals surface area contributed by atoms with Crippen LogP contribution in [0.2, 0.25) is 5.02 Å². The highest BCUT2D eigenvalue weighted by atomic mass is 35.5. The van der Waals surface area contributed by atoms with Crippen LogP contribution < -0.4 is 5.32 Å². The van der Waals surface area contributed by atoms with Gasteiger partial charge < -0.3 is 9.73 Å². The average Bonchev–Trinajstić information content (AvgIpc) is 3.23. The molecule has 0 radical (unpaired) electrons. The van der Waals surface area contributed by atoms with E-state index in [-0.39, 0.29) is 18.3 Å². The maximum absolute atomic E-state index is 12.6. The zero-order valence-electron chi connectivity index (χ0n) is 14.3. The number of hydrogen-bond donors (Lipinski definition) is 1. The van der Waals surface area contributed by atoms with E-state index < -0.39 is 12.1 Å². The van der Waals surface area contributed by atoms with Gasteiger partial charge in [-0.15, -0.1) is 0 Å². The van der Waals surface area contributed by atoms with Crippen LogP contribution in [-0.4, -0.2) is 27.9 Å². The lowest BCUT2D eigenvalue weighted by molar-refractivity contribution is -0.128. The predicted molar refractivity (Wildman–Crippen MR) is 100.0 cm³/mol. The molecule has 1 aliphatic rings. The average molecular weight is 382 g/mol. The maximum atomic E-state index is 12.6. The largest absolute Gasteiger partial charge is 0.439 e. The summed E-state index contributed by atoms with van der Waals surface area (Å²) >= 11 is 5.99. The molecule has 4 rings (SSSR count). The number of urea groups is 1. The number of nitrogens with zero attached hydrogens (tertiary/aromatic N) is 2. The van der Waals surface area contributed by atoms with E-state index in [4.69, 9.17) is 16.0 Å². The van der Waals surface area contributed by atoms with Crippen LogP contribution in [-0.2, 0) is 17.8 Å². The third-order valence-corrected chi connectivity index (χ3v) is 4.58.